The van der Waals surface area contributed by atoms with Gasteiger partial charge in [-0.2, -0.15) is 0 Å². The van der Waals surface area contributed by atoms with Gasteiger partial charge in [0.05, 0.1) is 21.3 Å². The third-order valence-electron chi connectivity index (χ3n) is 3.94. The standard InChI is InChI=1S/C20H25NO4/c1-14-7-5-8-15(11-14)9-6-10-21-20(22)16-12-17(23-2)19(25-4)18(13-16)24-3/h5,7-8,11-13H,6,9-10H2,1-4H3,(H,21,22). The summed E-state index contributed by atoms with van der Waals surface area (Å²) < 4.78 is 15.8. The number of methoxy groups -OCH3 is 3. The highest BCUT2D eigenvalue weighted by atomic mass is 16.5. The third kappa shape index (κ3) is 4.89. The van der Waals surface area contributed by atoms with Crippen LogP contribution in [0.4, 0.5) is 0 Å². The van der Waals surface area contributed by atoms with Gasteiger partial charge in [0.2, 0.25) is 5.75 Å². The minimum absolute atomic E-state index is 0.163. The maximum atomic E-state index is 12.4. The third-order valence-corrected chi connectivity index (χ3v) is 3.94. The number of nitrogens with one attached hydrogen (secondary N) is 1. The van der Waals surface area contributed by atoms with Crippen LogP contribution >= 0.6 is 0 Å². The molecule has 0 aromatic heterocycles. The monoisotopic (exact) mass is 343 g/mol. The zero-order valence-electron chi connectivity index (χ0n) is 15.2. The van der Waals surface area contributed by atoms with E-state index in [4.69, 9.17) is 14.2 Å². The number of ether oxygens (including phenoxy) is 3. The highest BCUT2D eigenvalue weighted by Crippen LogP contribution is 2.38. The van der Waals surface area contributed by atoms with Crippen molar-refractivity contribution in [3.63, 3.8) is 0 Å². The van der Waals surface area contributed by atoms with E-state index in [2.05, 4.69) is 36.5 Å². The molecule has 0 bridgehead atoms. The molecule has 0 saturated carbocycles. The molecule has 1 N–H and O–H groups in total. The smallest absolute Gasteiger partial charge is 0.251 e. The van der Waals surface area contributed by atoms with Crippen molar-refractivity contribution in [2.24, 2.45) is 0 Å². The lowest BCUT2D eigenvalue weighted by Crippen LogP contribution is -2.24. The van der Waals surface area contributed by atoms with E-state index in [0.29, 0.717) is 29.4 Å². The lowest BCUT2D eigenvalue weighted by Gasteiger charge is -2.14. The molecule has 2 aromatic rings. The second-order valence-corrected chi connectivity index (χ2v) is 5.76. The van der Waals surface area contributed by atoms with Crippen LogP contribution < -0.4 is 19.5 Å². The molecule has 0 unspecified atom stereocenters. The topological polar surface area (TPSA) is 56.8 Å². The van der Waals surface area contributed by atoms with Crippen molar-refractivity contribution in [2.45, 2.75) is 19.8 Å². The van der Waals surface area contributed by atoms with E-state index in [1.54, 1.807) is 12.1 Å². The van der Waals surface area contributed by atoms with Gasteiger partial charge in [-0.25, -0.2) is 0 Å². The van der Waals surface area contributed by atoms with Gasteiger partial charge >= 0.3 is 0 Å². The summed E-state index contributed by atoms with van der Waals surface area (Å²) in [6.07, 6.45) is 1.80. The van der Waals surface area contributed by atoms with Gasteiger partial charge in [0.25, 0.3) is 5.91 Å². The first kappa shape index (κ1) is 18.6. The predicted octanol–water partition coefficient (Wildman–Crippen LogP) is 3.38. The van der Waals surface area contributed by atoms with Gasteiger partial charge in [0, 0.05) is 12.1 Å². The maximum absolute atomic E-state index is 12.4. The molecule has 0 spiro atoms. The van der Waals surface area contributed by atoms with Crippen LogP contribution in [0.2, 0.25) is 0 Å². The zero-order chi connectivity index (χ0) is 18.2. The maximum Gasteiger partial charge on any atom is 0.251 e. The van der Waals surface area contributed by atoms with Crippen LogP contribution in [0.5, 0.6) is 17.2 Å². The molecule has 0 aliphatic carbocycles. The van der Waals surface area contributed by atoms with E-state index < -0.39 is 0 Å². The summed E-state index contributed by atoms with van der Waals surface area (Å²) in [5.41, 5.74) is 3.01. The number of hydrogen-bond acceptors (Lipinski definition) is 4. The average molecular weight is 343 g/mol. The molecule has 0 radical (unpaired) electrons. The molecule has 25 heavy (non-hydrogen) atoms. The first-order chi connectivity index (χ1) is 12.1. The van der Waals surface area contributed by atoms with Gasteiger partial charge in [0.15, 0.2) is 11.5 Å². The normalized spacial score (nSPS) is 10.2. The zero-order valence-corrected chi connectivity index (χ0v) is 15.2. The minimum Gasteiger partial charge on any atom is -0.493 e. The summed E-state index contributed by atoms with van der Waals surface area (Å²) in [5.74, 6) is 1.24. The van der Waals surface area contributed by atoms with Gasteiger partial charge in [-0.3, -0.25) is 4.79 Å². The number of benzene rings is 2. The Bertz CT molecular complexity index is 702. The quantitative estimate of drug-likeness (QED) is 0.747. The molecule has 0 atom stereocenters. The Kier molecular flexibility index (Phi) is 6.69. The van der Waals surface area contributed by atoms with Gasteiger partial charge in [0.1, 0.15) is 0 Å². The molecule has 1 amide bonds. The Morgan fingerprint density at radius 2 is 1.68 bits per heavy atom. The van der Waals surface area contributed by atoms with Gasteiger partial charge in [-0.05, 0) is 37.5 Å². The van der Waals surface area contributed by atoms with Gasteiger partial charge in [-0.15, -0.1) is 0 Å². The number of rotatable bonds is 8. The largest absolute Gasteiger partial charge is 0.493 e. The Balaban J connectivity index is 1.96. The predicted molar refractivity (Wildman–Crippen MR) is 97.9 cm³/mol. The Hall–Kier alpha value is -2.69. The number of aryl methyl sites for hydroxylation is 2. The van der Waals surface area contributed by atoms with Crippen molar-refractivity contribution in [3.8, 4) is 17.2 Å². The van der Waals surface area contributed by atoms with Crippen LogP contribution in [0, 0.1) is 6.92 Å². The number of carbonyl (C=O) groups excluding carboxylic acids is 1. The van der Waals surface area contributed by atoms with Crippen molar-refractivity contribution in [2.75, 3.05) is 27.9 Å². The van der Waals surface area contributed by atoms with E-state index in [-0.39, 0.29) is 5.91 Å². The van der Waals surface area contributed by atoms with Gasteiger partial charge in [-0.1, -0.05) is 29.8 Å². The van der Waals surface area contributed by atoms with Crippen LogP contribution in [0.15, 0.2) is 36.4 Å². The second-order valence-electron chi connectivity index (χ2n) is 5.76. The highest BCUT2D eigenvalue weighted by molar-refractivity contribution is 5.95. The molecule has 2 aromatic carbocycles. The van der Waals surface area contributed by atoms with E-state index >= 15 is 0 Å². The Morgan fingerprint density at radius 1 is 1.00 bits per heavy atom. The minimum atomic E-state index is -0.163. The van der Waals surface area contributed by atoms with Gasteiger partial charge < -0.3 is 19.5 Å². The fourth-order valence-corrected chi connectivity index (χ4v) is 2.68. The molecule has 0 heterocycles. The summed E-state index contributed by atoms with van der Waals surface area (Å²) in [7, 11) is 4.59. The number of amides is 1. The summed E-state index contributed by atoms with van der Waals surface area (Å²) in [6.45, 7) is 2.68. The van der Waals surface area contributed by atoms with Crippen molar-refractivity contribution in [1.29, 1.82) is 0 Å². The van der Waals surface area contributed by atoms with Crippen LogP contribution in [0.1, 0.15) is 27.9 Å². The molecule has 2 rings (SSSR count). The fraction of sp³-hybridized carbons (Fsp3) is 0.350. The fourth-order valence-electron chi connectivity index (χ4n) is 2.68. The van der Waals surface area contributed by atoms with E-state index in [1.807, 2.05) is 0 Å². The summed E-state index contributed by atoms with van der Waals surface area (Å²) >= 11 is 0. The molecule has 0 aliphatic rings. The first-order valence-electron chi connectivity index (χ1n) is 8.22. The SMILES string of the molecule is COc1cc(C(=O)NCCCc2cccc(C)c2)cc(OC)c1OC. The summed E-state index contributed by atoms with van der Waals surface area (Å²) in [6, 6.07) is 11.7. The first-order valence-corrected chi connectivity index (χ1v) is 8.22. The highest BCUT2D eigenvalue weighted by Gasteiger charge is 2.16. The molecule has 134 valence electrons. The van der Waals surface area contributed by atoms with Crippen molar-refractivity contribution in [1.82, 2.24) is 5.32 Å². The molecular weight excluding hydrogens is 318 g/mol. The van der Waals surface area contributed by atoms with Crippen LogP contribution in [-0.4, -0.2) is 33.8 Å². The van der Waals surface area contributed by atoms with Crippen molar-refractivity contribution in [3.05, 3.63) is 53.1 Å². The van der Waals surface area contributed by atoms with Crippen LogP contribution in [0.3, 0.4) is 0 Å². The molecule has 0 saturated heterocycles. The van der Waals surface area contributed by atoms with Crippen LogP contribution in [0.25, 0.3) is 0 Å². The summed E-state index contributed by atoms with van der Waals surface area (Å²) in [4.78, 5) is 12.4. The number of hydrogen-bond donors (Lipinski definition) is 1. The van der Waals surface area contributed by atoms with Crippen molar-refractivity contribution >= 4 is 5.91 Å². The van der Waals surface area contributed by atoms with Crippen LogP contribution in [-0.2, 0) is 6.42 Å². The van der Waals surface area contributed by atoms with Crippen molar-refractivity contribution < 1.29 is 19.0 Å². The van der Waals surface area contributed by atoms with E-state index in [9.17, 15) is 4.79 Å². The molecule has 0 fully saturated rings. The molecular formula is C20H25NO4. The molecule has 5 nitrogen and oxygen atoms in total. The average Bonchev–Trinajstić information content (AvgIpc) is 2.63. The van der Waals surface area contributed by atoms with E-state index in [1.165, 1.54) is 32.5 Å². The second kappa shape index (κ2) is 8.97. The summed E-state index contributed by atoms with van der Waals surface area (Å²) in [5, 5.41) is 2.93. The molecule has 5 heteroatoms. The Labute approximate surface area is 148 Å². The Morgan fingerprint density at radius 3 is 2.24 bits per heavy atom. The number of carbonyl (C=O) groups is 1. The lowest BCUT2D eigenvalue weighted by molar-refractivity contribution is 0.0952. The van der Waals surface area contributed by atoms with E-state index in [0.717, 1.165) is 12.8 Å². The lowest BCUT2D eigenvalue weighted by atomic mass is 10.1. The molecule has 0 aliphatic heterocycles.